The van der Waals surface area contributed by atoms with E-state index in [0.29, 0.717) is 11.7 Å². The van der Waals surface area contributed by atoms with Gasteiger partial charge >= 0.3 is 5.69 Å². The van der Waals surface area contributed by atoms with Crippen molar-refractivity contribution in [3.05, 3.63) is 38.7 Å². The summed E-state index contributed by atoms with van der Waals surface area (Å²) in [6, 6.07) is 5.65. The third-order valence-corrected chi connectivity index (χ3v) is 4.80. The summed E-state index contributed by atoms with van der Waals surface area (Å²) in [5.74, 6) is 0. The highest BCUT2D eigenvalue weighted by molar-refractivity contribution is 9.10. The zero-order valence-corrected chi connectivity index (χ0v) is 13.7. The van der Waals surface area contributed by atoms with Crippen LogP contribution in [0.1, 0.15) is 31.9 Å². The number of aromatic nitrogens is 3. The molecule has 1 aromatic carbocycles. The van der Waals surface area contributed by atoms with Crippen molar-refractivity contribution in [2.24, 2.45) is 0 Å². The number of hydrogen-bond acceptors (Lipinski definition) is 4. The summed E-state index contributed by atoms with van der Waals surface area (Å²) >= 11 is 4.90. The van der Waals surface area contributed by atoms with Gasteiger partial charge in [-0.3, -0.25) is 4.57 Å². The van der Waals surface area contributed by atoms with Gasteiger partial charge in [0.2, 0.25) is 0 Å². The molecule has 0 radical (unpaired) electrons. The predicted octanol–water partition coefficient (Wildman–Crippen LogP) is 2.95. The van der Waals surface area contributed by atoms with Crippen molar-refractivity contribution in [3.8, 4) is 0 Å². The maximum atomic E-state index is 11.6. The van der Waals surface area contributed by atoms with Crippen LogP contribution >= 0.6 is 27.7 Å². The summed E-state index contributed by atoms with van der Waals surface area (Å²) in [4.78, 5) is 12.6. The number of H-pyrrole nitrogens is 1. The van der Waals surface area contributed by atoms with Gasteiger partial charge in [-0.05, 0) is 58.7 Å². The highest BCUT2D eigenvalue weighted by Crippen LogP contribution is 2.33. The van der Waals surface area contributed by atoms with E-state index < -0.39 is 6.10 Å². The summed E-state index contributed by atoms with van der Waals surface area (Å²) in [5.41, 5.74) is 0.653. The molecule has 0 aliphatic heterocycles. The van der Waals surface area contributed by atoms with Gasteiger partial charge in [0.15, 0.2) is 5.16 Å². The number of nitrogens with zero attached hydrogens (tertiary/aromatic N) is 2. The van der Waals surface area contributed by atoms with Crippen molar-refractivity contribution in [2.45, 2.75) is 43.0 Å². The number of halogens is 1. The molecule has 7 heteroatoms. The number of rotatable bonds is 5. The van der Waals surface area contributed by atoms with Crippen LogP contribution in [-0.4, -0.2) is 19.9 Å². The molecule has 2 rings (SSSR count). The Balaban J connectivity index is 2.28. The number of benzene rings is 1. The topological polar surface area (TPSA) is 70.9 Å². The average Bonchev–Trinajstić information content (AvgIpc) is 2.74. The SMILES string of the molecule is CCCn1c(Sc2ccc(C(C)O)cc2Br)n[nH]c1=O. The molecule has 0 bridgehead atoms. The van der Waals surface area contributed by atoms with E-state index in [0.717, 1.165) is 21.4 Å². The van der Waals surface area contributed by atoms with Crippen molar-refractivity contribution < 1.29 is 5.11 Å². The molecule has 1 atom stereocenters. The lowest BCUT2D eigenvalue weighted by Gasteiger charge is -2.09. The molecule has 1 heterocycles. The minimum Gasteiger partial charge on any atom is -0.389 e. The monoisotopic (exact) mass is 357 g/mol. The maximum Gasteiger partial charge on any atom is 0.343 e. The smallest absolute Gasteiger partial charge is 0.343 e. The zero-order chi connectivity index (χ0) is 14.7. The highest BCUT2D eigenvalue weighted by atomic mass is 79.9. The number of hydrogen-bond donors (Lipinski definition) is 2. The second-order valence-corrected chi connectivity index (χ2v) is 6.29. The van der Waals surface area contributed by atoms with Crippen molar-refractivity contribution in [1.29, 1.82) is 0 Å². The Morgan fingerprint density at radius 2 is 2.30 bits per heavy atom. The molecule has 5 nitrogen and oxygen atoms in total. The number of aromatic amines is 1. The Labute approximate surface area is 129 Å². The van der Waals surface area contributed by atoms with Crippen molar-refractivity contribution in [2.75, 3.05) is 0 Å². The fourth-order valence-corrected chi connectivity index (χ4v) is 3.26. The van der Waals surface area contributed by atoms with Crippen molar-refractivity contribution in [1.82, 2.24) is 14.8 Å². The average molecular weight is 358 g/mol. The van der Waals surface area contributed by atoms with E-state index in [1.807, 2.05) is 25.1 Å². The first-order chi connectivity index (χ1) is 9.52. The molecule has 1 aromatic heterocycles. The van der Waals surface area contributed by atoms with E-state index in [1.165, 1.54) is 11.8 Å². The maximum absolute atomic E-state index is 11.6. The molecular formula is C13H16BrN3O2S. The Morgan fingerprint density at radius 3 is 2.90 bits per heavy atom. The number of aliphatic hydroxyl groups is 1. The fraction of sp³-hybridized carbons (Fsp3) is 0.385. The molecule has 2 aromatic rings. The molecule has 2 N–H and O–H groups in total. The summed E-state index contributed by atoms with van der Waals surface area (Å²) in [7, 11) is 0. The lowest BCUT2D eigenvalue weighted by Crippen LogP contribution is -2.17. The molecule has 0 amide bonds. The third kappa shape index (κ3) is 3.34. The van der Waals surface area contributed by atoms with Gasteiger partial charge in [0.1, 0.15) is 0 Å². The molecule has 0 fully saturated rings. The van der Waals surface area contributed by atoms with Gasteiger partial charge < -0.3 is 5.11 Å². The Hall–Kier alpha value is -1.05. The first kappa shape index (κ1) is 15.3. The zero-order valence-electron chi connectivity index (χ0n) is 11.3. The van der Waals surface area contributed by atoms with Crippen LogP contribution in [0.2, 0.25) is 0 Å². The van der Waals surface area contributed by atoms with Crippen LogP contribution in [0.25, 0.3) is 0 Å². The first-order valence-electron chi connectivity index (χ1n) is 6.33. The summed E-state index contributed by atoms with van der Waals surface area (Å²) < 4.78 is 2.50. The molecule has 0 aliphatic carbocycles. The molecule has 0 saturated carbocycles. The summed E-state index contributed by atoms with van der Waals surface area (Å²) in [6.07, 6.45) is 0.365. The Morgan fingerprint density at radius 1 is 1.55 bits per heavy atom. The van der Waals surface area contributed by atoms with E-state index in [4.69, 9.17) is 0 Å². The van der Waals surface area contributed by atoms with Crippen LogP contribution in [0.15, 0.2) is 37.5 Å². The predicted molar refractivity (Wildman–Crippen MR) is 82.0 cm³/mol. The van der Waals surface area contributed by atoms with E-state index in [2.05, 4.69) is 26.1 Å². The van der Waals surface area contributed by atoms with Gasteiger partial charge in [0, 0.05) is 15.9 Å². The van der Waals surface area contributed by atoms with Crippen molar-refractivity contribution in [3.63, 3.8) is 0 Å². The molecule has 108 valence electrons. The first-order valence-corrected chi connectivity index (χ1v) is 7.94. The lowest BCUT2D eigenvalue weighted by molar-refractivity contribution is 0.199. The quantitative estimate of drug-likeness (QED) is 0.862. The summed E-state index contributed by atoms with van der Waals surface area (Å²) in [5, 5.41) is 16.7. The van der Waals surface area contributed by atoms with E-state index in [1.54, 1.807) is 11.5 Å². The Bertz CT molecular complexity index is 651. The van der Waals surface area contributed by atoms with Gasteiger partial charge in [-0.2, -0.15) is 0 Å². The van der Waals surface area contributed by atoms with Crippen LogP contribution in [0, 0.1) is 0 Å². The molecule has 0 saturated heterocycles. The standard InChI is InChI=1S/C13H16BrN3O2S/c1-3-6-17-12(19)15-16-13(17)20-11-5-4-9(8(2)18)7-10(11)14/h4-5,7-8,18H,3,6H2,1-2H3,(H,15,19). The molecule has 0 spiro atoms. The van der Waals surface area contributed by atoms with Gasteiger partial charge in [-0.1, -0.05) is 13.0 Å². The molecular weight excluding hydrogens is 342 g/mol. The number of nitrogens with one attached hydrogen (secondary N) is 1. The molecule has 1 unspecified atom stereocenters. The minimum absolute atomic E-state index is 0.189. The summed E-state index contributed by atoms with van der Waals surface area (Å²) in [6.45, 7) is 4.38. The molecule has 20 heavy (non-hydrogen) atoms. The van der Waals surface area contributed by atoms with E-state index in [-0.39, 0.29) is 5.69 Å². The largest absolute Gasteiger partial charge is 0.389 e. The highest BCUT2D eigenvalue weighted by Gasteiger charge is 2.12. The minimum atomic E-state index is -0.506. The van der Waals surface area contributed by atoms with Crippen molar-refractivity contribution >= 4 is 27.7 Å². The van der Waals surface area contributed by atoms with Crippen LogP contribution in [0.4, 0.5) is 0 Å². The second kappa shape index (κ2) is 6.60. The second-order valence-electron chi connectivity index (χ2n) is 4.43. The van der Waals surface area contributed by atoms with E-state index in [9.17, 15) is 9.90 Å². The normalized spacial score (nSPS) is 12.6. The van der Waals surface area contributed by atoms with Gasteiger partial charge in [0.25, 0.3) is 0 Å². The Kier molecular flexibility index (Phi) is 5.06. The number of aliphatic hydroxyl groups excluding tert-OH is 1. The van der Waals surface area contributed by atoms with Gasteiger partial charge in [0.05, 0.1) is 6.10 Å². The third-order valence-electron chi connectivity index (χ3n) is 2.81. The molecule has 0 aliphatic rings. The van der Waals surface area contributed by atoms with Crippen LogP contribution in [0.5, 0.6) is 0 Å². The van der Waals surface area contributed by atoms with E-state index >= 15 is 0 Å². The lowest BCUT2D eigenvalue weighted by atomic mass is 10.1. The fourth-order valence-electron chi connectivity index (χ4n) is 1.76. The van der Waals surface area contributed by atoms with Gasteiger partial charge in [-0.25, -0.2) is 9.89 Å². The van der Waals surface area contributed by atoms with Gasteiger partial charge in [-0.15, -0.1) is 5.10 Å². The van der Waals surface area contributed by atoms with Crippen LogP contribution < -0.4 is 5.69 Å². The van der Waals surface area contributed by atoms with Crippen LogP contribution in [0.3, 0.4) is 0 Å². The van der Waals surface area contributed by atoms with Crippen LogP contribution in [-0.2, 0) is 6.54 Å².